The number of aromatic nitrogens is 3. The average molecular weight is 307 g/mol. The monoisotopic (exact) mass is 307 g/mol. The second-order valence-electron chi connectivity index (χ2n) is 6.08. The van der Waals surface area contributed by atoms with Gasteiger partial charge < -0.3 is 9.30 Å². The fourth-order valence-electron chi connectivity index (χ4n) is 3.18. The van der Waals surface area contributed by atoms with E-state index in [0.717, 1.165) is 49.9 Å². The molecule has 4 rings (SSSR count). The molecule has 4 heterocycles. The van der Waals surface area contributed by atoms with Gasteiger partial charge in [-0.1, -0.05) is 12.1 Å². The molecule has 0 unspecified atom stereocenters. The van der Waals surface area contributed by atoms with Crippen LogP contribution in [0.1, 0.15) is 11.4 Å². The van der Waals surface area contributed by atoms with E-state index in [9.17, 15) is 0 Å². The van der Waals surface area contributed by atoms with Gasteiger partial charge >= 0.3 is 0 Å². The second kappa shape index (κ2) is 6.01. The van der Waals surface area contributed by atoms with Crippen molar-refractivity contribution in [2.24, 2.45) is 0 Å². The lowest BCUT2D eigenvalue weighted by atomic mass is 10.3. The number of imidazole rings is 1. The topological polar surface area (TPSA) is 36.7 Å². The van der Waals surface area contributed by atoms with Crippen LogP contribution in [0.25, 0.3) is 5.65 Å². The van der Waals surface area contributed by atoms with Crippen molar-refractivity contribution < 1.29 is 0 Å². The number of hydrogen-bond donors (Lipinski definition) is 0. The molecule has 5 nitrogen and oxygen atoms in total. The van der Waals surface area contributed by atoms with Crippen molar-refractivity contribution in [2.75, 3.05) is 31.1 Å². The smallest absolute Gasteiger partial charge is 0.137 e. The third-order valence-corrected chi connectivity index (χ3v) is 4.48. The predicted molar refractivity (Wildman–Crippen MR) is 91.7 cm³/mol. The fraction of sp³-hybridized carbons (Fsp3) is 0.333. The zero-order valence-electron chi connectivity index (χ0n) is 13.4. The molecule has 1 aliphatic rings. The molecule has 23 heavy (non-hydrogen) atoms. The maximum absolute atomic E-state index is 4.74. The Morgan fingerprint density at radius 1 is 1.00 bits per heavy atom. The van der Waals surface area contributed by atoms with E-state index in [1.165, 1.54) is 5.69 Å². The van der Waals surface area contributed by atoms with Crippen LogP contribution in [0.3, 0.4) is 0 Å². The maximum Gasteiger partial charge on any atom is 0.137 e. The van der Waals surface area contributed by atoms with E-state index < -0.39 is 0 Å². The molecule has 0 bridgehead atoms. The van der Waals surface area contributed by atoms with Crippen LogP contribution < -0.4 is 4.90 Å². The van der Waals surface area contributed by atoms with Crippen molar-refractivity contribution in [1.82, 2.24) is 19.3 Å². The van der Waals surface area contributed by atoms with Crippen LogP contribution in [-0.2, 0) is 6.54 Å². The van der Waals surface area contributed by atoms with Crippen molar-refractivity contribution in [1.29, 1.82) is 0 Å². The molecular formula is C18H21N5. The first-order chi connectivity index (χ1) is 11.3. The highest BCUT2D eigenvalue weighted by atomic mass is 15.3. The normalized spacial score (nSPS) is 16.1. The van der Waals surface area contributed by atoms with Crippen LogP contribution in [0.2, 0.25) is 0 Å². The molecule has 5 heteroatoms. The Balaban J connectivity index is 1.41. The molecule has 3 aromatic rings. The Morgan fingerprint density at radius 2 is 1.87 bits per heavy atom. The molecule has 1 saturated heterocycles. The molecule has 0 saturated carbocycles. The standard InChI is InChI=1S/C18H21N5/c1-15-5-4-7-18-20-16(14-23(15)18)13-21-9-11-22(12-10-21)17-6-2-3-8-19-17/h2-8,14H,9-13H2,1H3. The van der Waals surface area contributed by atoms with Gasteiger partial charge in [-0.3, -0.25) is 4.90 Å². The van der Waals surface area contributed by atoms with E-state index >= 15 is 0 Å². The molecule has 118 valence electrons. The Hall–Kier alpha value is -2.40. The van der Waals surface area contributed by atoms with Crippen LogP contribution in [0.5, 0.6) is 0 Å². The van der Waals surface area contributed by atoms with Crippen molar-refractivity contribution >= 4 is 11.5 Å². The number of piperazine rings is 1. The van der Waals surface area contributed by atoms with Crippen molar-refractivity contribution in [2.45, 2.75) is 13.5 Å². The highest BCUT2D eigenvalue weighted by Crippen LogP contribution is 2.15. The summed E-state index contributed by atoms with van der Waals surface area (Å²) in [4.78, 5) is 14.0. The van der Waals surface area contributed by atoms with E-state index in [-0.39, 0.29) is 0 Å². The zero-order chi connectivity index (χ0) is 15.6. The molecule has 1 aliphatic heterocycles. The van der Waals surface area contributed by atoms with Gasteiger partial charge in [0.25, 0.3) is 0 Å². The Morgan fingerprint density at radius 3 is 2.61 bits per heavy atom. The quantitative estimate of drug-likeness (QED) is 0.744. The van der Waals surface area contributed by atoms with Crippen molar-refractivity contribution in [3.63, 3.8) is 0 Å². The highest BCUT2D eigenvalue weighted by molar-refractivity contribution is 5.41. The van der Waals surface area contributed by atoms with E-state index in [4.69, 9.17) is 4.98 Å². The third kappa shape index (κ3) is 2.92. The minimum atomic E-state index is 0.914. The first-order valence-corrected chi connectivity index (χ1v) is 8.11. The fourth-order valence-corrected chi connectivity index (χ4v) is 3.18. The number of nitrogens with zero attached hydrogens (tertiary/aromatic N) is 5. The van der Waals surface area contributed by atoms with E-state index in [1.54, 1.807) is 0 Å². The number of pyridine rings is 2. The Bertz CT molecular complexity index is 788. The predicted octanol–water partition coefficient (Wildman–Crippen LogP) is 2.36. The van der Waals surface area contributed by atoms with E-state index in [1.807, 2.05) is 18.3 Å². The number of anilines is 1. The lowest BCUT2D eigenvalue weighted by molar-refractivity contribution is 0.247. The van der Waals surface area contributed by atoms with Crippen LogP contribution in [0.4, 0.5) is 5.82 Å². The number of rotatable bonds is 3. The van der Waals surface area contributed by atoms with Gasteiger partial charge in [0, 0.05) is 50.8 Å². The average Bonchev–Trinajstić information content (AvgIpc) is 3.00. The van der Waals surface area contributed by atoms with Crippen molar-refractivity contribution in [3.05, 3.63) is 60.2 Å². The molecule has 0 N–H and O–H groups in total. The van der Waals surface area contributed by atoms with Gasteiger partial charge in [-0.2, -0.15) is 0 Å². The molecule has 0 radical (unpaired) electrons. The maximum atomic E-state index is 4.74. The van der Waals surface area contributed by atoms with Crippen molar-refractivity contribution in [3.8, 4) is 0 Å². The first kappa shape index (κ1) is 14.2. The van der Waals surface area contributed by atoms with Gasteiger partial charge in [0.15, 0.2) is 0 Å². The van der Waals surface area contributed by atoms with Crippen LogP contribution in [0.15, 0.2) is 48.8 Å². The minimum Gasteiger partial charge on any atom is -0.354 e. The largest absolute Gasteiger partial charge is 0.354 e. The summed E-state index contributed by atoms with van der Waals surface area (Å²) in [5.74, 6) is 1.08. The Kier molecular flexibility index (Phi) is 3.71. The summed E-state index contributed by atoms with van der Waals surface area (Å²) in [5, 5.41) is 0. The highest BCUT2D eigenvalue weighted by Gasteiger charge is 2.18. The van der Waals surface area contributed by atoms with Crippen LogP contribution >= 0.6 is 0 Å². The summed E-state index contributed by atoms with van der Waals surface area (Å²) in [5.41, 5.74) is 3.40. The summed E-state index contributed by atoms with van der Waals surface area (Å²) in [7, 11) is 0. The first-order valence-electron chi connectivity index (χ1n) is 8.11. The molecule has 0 aliphatic carbocycles. The van der Waals surface area contributed by atoms with Crippen LogP contribution in [-0.4, -0.2) is 45.4 Å². The molecule has 3 aromatic heterocycles. The van der Waals surface area contributed by atoms with Gasteiger partial charge in [-0.25, -0.2) is 9.97 Å². The molecule has 0 atom stereocenters. The lowest BCUT2D eigenvalue weighted by Crippen LogP contribution is -2.46. The van der Waals surface area contributed by atoms with Gasteiger partial charge in [-0.15, -0.1) is 0 Å². The number of hydrogen-bond acceptors (Lipinski definition) is 4. The summed E-state index contributed by atoms with van der Waals surface area (Å²) < 4.78 is 2.17. The minimum absolute atomic E-state index is 0.914. The molecular weight excluding hydrogens is 286 g/mol. The molecule has 0 aromatic carbocycles. The number of fused-ring (bicyclic) bond motifs is 1. The van der Waals surface area contributed by atoms with Gasteiger partial charge in [-0.05, 0) is 31.2 Å². The van der Waals surface area contributed by atoms with Crippen LogP contribution in [0, 0.1) is 6.92 Å². The van der Waals surface area contributed by atoms with E-state index in [0.29, 0.717) is 0 Å². The molecule has 0 spiro atoms. The van der Waals surface area contributed by atoms with Gasteiger partial charge in [0.1, 0.15) is 11.5 Å². The summed E-state index contributed by atoms with van der Waals surface area (Å²) in [6.45, 7) is 7.15. The number of aryl methyl sites for hydroxylation is 1. The second-order valence-corrected chi connectivity index (χ2v) is 6.08. The molecule has 0 amide bonds. The molecule has 1 fully saturated rings. The Labute approximate surface area is 136 Å². The summed E-state index contributed by atoms with van der Waals surface area (Å²) in [6, 6.07) is 12.3. The third-order valence-electron chi connectivity index (χ3n) is 4.48. The van der Waals surface area contributed by atoms with Gasteiger partial charge in [0.05, 0.1) is 5.69 Å². The lowest BCUT2D eigenvalue weighted by Gasteiger charge is -2.35. The van der Waals surface area contributed by atoms with E-state index in [2.05, 4.69) is 56.6 Å². The summed E-state index contributed by atoms with van der Waals surface area (Å²) >= 11 is 0. The van der Waals surface area contributed by atoms with Gasteiger partial charge in [0.2, 0.25) is 0 Å². The zero-order valence-corrected chi connectivity index (χ0v) is 13.4. The SMILES string of the molecule is Cc1cccc2nc(CN3CCN(c4ccccn4)CC3)cn12. The summed E-state index contributed by atoms with van der Waals surface area (Å²) in [6.07, 6.45) is 4.02.